The SMILES string of the molecule is CCCNC(=NCc1ccc([N+](=O)[O-])cc1)NC1CCN(CCC)CC1. The number of nitrogens with zero attached hydrogens (tertiary/aromatic N) is 3. The summed E-state index contributed by atoms with van der Waals surface area (Å²) in [6, 6.07) is 7.04. The predicted molar refractivity (Wildman–Crippen MR) is 105 cm³/mol. The Bertz CT molecular complexity index is 580. The van der Waals surface area contributed by atoms with Crippen LogP contribution in [0.25, 0.3) is 0 Å². The van der Waals surface area contributed by atoms with Crippen LogP contribution in [-0.2, 0) is 6.54 Å². The smallest absolute Gasteiger partial charge is 0.269 e. The van der Waals surface area contributed by atoms with Crippen LogP contribution in [0, 0.1) is 10.1 Å². The molecule has 2 N–H and O–H groups in total. The van der Waals surface area contributed by atoms with Crippen molar-refractivity contribution in [1.29, 1.82) is 0 Å². The summed E-state index contributed by atoms with van der Waals surface area (Å²) in [5.41, 5.74) is 1.07. The van der Waals surface area contributed by atoms with Crippen LogP contribution in [0.1, 0.15) is 45.1 Å². The number of rotatable bonds is 8. The van der Waals surface area contributed by atoms with Gasteiger partial charge >= 0.3 is 0 Å². The predicted octanol–water partition coefficient (Wildman–Crippen LogP) is 2.91. The zero-order valence-electron chi connectivity index (χ0n) is 15.9. The molecule has 0 spiro atoms. The molecule has 1 aliphatic heterocycles. The Kier molecular flexibility index (Phi) is 8.34. The standard InChI is InChI=1S/C19H31N5O2/c1-3-11-20-19(22-17-9-13-23(12-4-2)14-10-17)21-15-16-5-7-18(8-6-16)24(25)26/h5-8,17H,3-4,9-15H2,1-2H3,(H2,20,21,22). The van der Waals surface area contributed by atoms with Gasteiger partial charge in [0.1, 0.15) is 0 Å². The van der Waals surface area contributed by atoms with Gasteiger partial charge in [0.15, 0.2) is 5.96 Å². The molecule has 1 aromatic rings. The highest BCUT2D eigenvalue weighted by molar-refractivity contribution is 5.80. The number of piperidine rings is 1. The molecule has 0 saturated carbocycles. The molecule has 1 aliphatic rings. The maximum atomic E-state index is 10.7. The summed E-state index contributed by atoms with van der Waals surface area (Å²) in [4.78, 5) is 17.5. The van der Waals surface area contributed by atoms with E-state index in [1.165, 1.54) is 25.1 Å². The maximum Gasteiger partial charge on any atom is 0.269 e. The van der Waals surface area contributed by atoms with Gasteiger partial charge in [0.05, 0.1) is 11.5 Å². The Morgan fingerprint density at radius 1 is 1.23 bits per heavy atom. The lowest BCUT2D eigenvalue weighted by Gasteiger charge is -2.32. The molecule has 0 bridgehead atoms. The molecule has 0 aliphatic carbocycles. The minimum absolute atomic E-state index is 0.110. The Hall–Kier alpha value is -2.15. The summed E-state index contributed by atoms with van der Waals surface area (Å²) >= 11 is 0. The van der Waals surface area contributed by atoms with Crippen molar-refractivity contribution < 1.29 is 4.92 Å². The van der Waals surface area contributed by atoms with Gasteiger partial charge < -0.3 is 15.5 Å². The van der Waals surface area contributed by atoms with Crippen molar-refractivity contribution in [3.8, 4) is 0 Å². The molecular formula is C19H31N5O2. The molecule has 0 atom stereocenters. The second kappa shape index (κ2) is 10.8. The van der Waals surface area contributed by atoms with Crippen LogP contribution in [0.5, 0.6) is 0 Å². The minimum atomic E-state index is -0.381. The monoisotopic (exact) mass is 361 g/mol. The summed E-state index contributed by atoms with van der Waals surface area (Å²) in [5, 5.41) is 17.7. The van der Waals surface area contributed by atoms with Gasteiger partial charge in [0, 0.05) is 37.8 Å². The van der Waals surface area contributed by atoms with Gasteiger partial charge in [-0.3, -0.25) is 10.1 Å². The van der Waals surface area contributed by atoms with Crippen LogP contribution >= 0.6 is 0 Å². The summed E-state index contributed by atoms with van der Waals surface area (Å²) in [7, 11) is 0. The van der Waals surface area contributed by atoms with Crippen LogP contribution in [0.3, 0.4) is 0 Å². The van der Waals surface area contributed by atoms with E-state index >= 15 is 0 Å². The van der Waals surface area contributed by atoms with Gasteiger partial charge in [-0.1, -0.05) is 26.0 Å². The largest absolute Gasteiger partial charge is 0.356 e. The highest BCUT2D eigenvalue weighted by atomic mass is 16.6. The first-order valence-corrected chi connectivity index (χ1v) is 9.63. The average molecular weight is 361 g/mol. The third kappa shape index (κ3) is 6.63. The molecule has 1 aromatic carbocycles. The Morgan fingerprint density at radius 3 is 2.50 bits per heavy atom. The number of nitro groups is 1. The van der Waals surface area contributed by atoms with Crippen molar-refractivity contribution >= 4 is 11.6 Å². The number of aliphatic imine (C=N–C) groups is 1. The number of guanidine groups is 1. The van der Waals surface area contributed by atoms with Crippen molar-refractivity contribution in [2.24, 2.45) is 4.99 Å². The van der Waals surface area contributed by atoms with Gasteiger partial charge in [-0.25, -0.2) is 4.99 Å². The van der Waals surface area contributed by atoms with E-state index in [2.05, 4.69) is 34.4 Å². The molecule has 144 valence electrons. The first kappa shape index (κ1) is 20.2. The fourth-order valence-electron chi connectivity index (χ4n) is 3.10. The summed E-state index contributed by atoms with van der Waals surface area (Å²) in [6.45, 7) is 9.18. The van der Waals surface area contributed by atoms with Crippen LogP contribution in [0.15, 0.2) is 29.3 Å². The second-order valence-electron chi connectivity index (χ2n) is 6.78. The first-order chi connectivity index (χ1) is 12.6. The Morgan fingerprint density at radius 2 is 1.92 bits per heavy atom. The minimum Gasteiger partial charge on any atom is -0.356 e. The van der Waals surface area contributed by atoms with E-state index in [0.717, 1.165) is 50.4 Å². The highest BCUT2D eigenvalue weighted by Crippen LogP contribution is 2.13. The number of non-ortho nitro benzene ring substituents is 1. The van der Waals surface area contributed by atoms with Crippen molar-refractivity contribution in [3.05, 3.63) is 39.9 Å². The van der Waals surface area contributed by atoms with Gasteiger partial charge in [0.2, 0.25) is 0 Å². The lowest BCUT2D eigenvalue weighted by atomic mass is 10.1. The zero-order chi connectivity index (χ0) is 18.8. The number of nitrogens with one attached hydrogen (secondary N) is 2. The van der Waals surface area contributed by atoms with Crippen molar-refractivity contribution in [1.82, 2.24) is 15.5 Å². The van der Waals surface area contributed by atoms with Crippen LogP contribution < -0.4 is 10.6 Å². The molecular weight excluding hydrogens is 330 g/mol. The molecule has 1 heterocycles. The van der Waals surface area contributed by atoms with Crippen LogP contribution in [-0.4, -0.2) is 48.0 Å². The highest BCUT2D eigenvalue weighted by Gasteiger charge is 2.19. The maximum absolute atomic E-state index is 10.7. The molecule has 0 aromatic heterocycles. The number of likely N-dealkylation sites (tertiary alicyclic amines) is 1. The van der Waals surface area contributed by atoms with Crippen LogP contribution in [0.4, 0.5) is 5.69 Å². The van der Waals surface area contributed by atoms with E-state index in [0.29, 0.717) is 12.6 Å². The Balaban J connectivity index is 1.91. The summed E-state index contributed by atoms with van der Waals surface area (Å²) in [5.74, 6) is 0.833. The van der Waals surface area contributed by atoms with Crippen molar-refractivity contribution in [3.63, 3.8) is 0 Å². The molecule has 0 amide bonds. The van der Waals surface area contributed by atoms with E-state index in [-0.39, 0.29) is 10.6 Å². The third-order valence-electron chi connectivity index (χ3n) is 4.58. The van der Waals surface area contributed by atoms with Crippen molar-refractivity contribution in [2.45, 2.75) is 52.1 Å². The lowest BCUT2D eigenvalue weighted by Crippen LogP contribution is -2.48. The van der Waals surface area contributed by atoms with E-state index in [4.69, 9.17) is 0 Å². The fraction of sp³-hybridized carbons (Fsp3) is 0.632. The van der Waals surface area contributed by atoms with Crippen LogP contribution in [0.2, 0.25) is 0 Å². The number of benzene rings is 1. The molecule has 0 unspecified atom stereocenters. The topological polar surface area (TPSA) is 82.8 Å². The zero-order valence-corrected chi connectivity index (χ0v) is 15.9. The van der Waals surface area contributed by atoms with E-state index in [1.54, 1.807) is 12.1 Å². The van der Waals surface area contributed by atoms with Crippen molar-refractivity contribution in [2.75, 3.05) is 26.2 Å². The number of nitro benzene ring substituents is 1. The molecule has 26 heavy (non-hydrogen) atoms. The van der Waals surface area contributed by atoms with Gasteiger partial charge in [-0.15, -0.1) is 0 Å². The third-order valence-corrected chi connectivity index (χ3v) is 4.58. The van der Waals surface area contributed by atoms with Gasteiger partial charge in [0.25, 0.3) is 5.69 Å². The van der Waals surface area contributed by atoms with Gasteiger partial charge in [-0.2, -0.15) is 0 Å². The summed E-state index contributed by atoms with van der Waals surface area (Å²) in [6.07, 6.45) is 4.50. The molecule has 7 nitrogen and oxygen atoms in total. The molecule has 1 saturated heterocycles. The van der Waals surface area contributed by atoms with Gasteiger partial charge in [-0.05, 0) is 37.8 Å². The quantitative estimate of drug-likeness (QED) is 0.322. The second-order valence-corrected chi connectivity index (χ2v) is 6.78. The number of hydrogen-bond acceptors (Lipinski definition) is 4. The normalized spacial score (nSPS) is 16.5. The first-order valence-electron chi connectivity index (χ1n) is 9.63. The average Bonchev–Trinajstić information content (AvgIpc) is 2.66. The van der Waals surface area contributed by atoms with E-state index in [9.17, 15) is 10.1 Å². The Labute approximate surface area is 156 Å². The number of hydrogen-bond donors (Lipinski definition) is 2. The molecule has 7 heteroatoms. The summed E-state index contributed by atoms with van der Waals surface area (Å²) < 4.78 is 0. The lowest BCUT2D eigenvalue weighted by molar-refractivity contribution is -0.384. The molecule has 2 rings (SSSR count). The van der Waals surface area contributed by atoms with E-state index < -0.39 is 0 Å². The molecule has 1 fully saturated rings. The molecule has 0 radical (unpaired) electrons. The fourth-order valence-corrected chi connectivity index (χ4v) is 3.10. The van der Waals surface area contributed by atoms with E-state index in [1.807, 2.05) is 0 Å².